The van der Waals surface area contributed by atoms with E-state index in [0.717, 1.165) is 33.6 Å². The summed E-state index contributed by atoms with van der Waals surface area (Å²) in [7, 11) is -1.15. The summed E-state index contributed by atoms with van der Waals surface area (Å²) >= 11 is 0. The minimum Gasteiger partial charge on any atom is -0.492 e. The molecule has 5 heteroatoms. The first-order valence-corrected chi connectivity index (χ1v) is 15.6. The molecule has 0 aromatic heterocycles. The van der Waals surface area contributed by atoms with Gasteiger partial charge in [0.1, 0.15) is 23.0 Å². The highest BCUT2D eigenvalue weighted by Crippen LogP contribution is 2.46. The molecule has 0 bridgehead atoms. The number of rotatable bonds is 15. The zero-order chi connectivity index (χ0) is 28.4. The van der Waals surface area contributed by atoms with Gasteiger partial charge in [-0.2, -0.15) is 0 Å². The molecule has 3 aromatic carbocycles. The van der Waals surface area contributed by atoms with Crippen LogP contribution in [0.15, 0.2) is 66.7 Å². The van der Waals surface area contributed by atoms with Crippen LogP contribution in [0.2, 0.25) is 0 Å². The number of hydrogen-bond donors (Lipinski definition) is 0. The zero-order valence-corrected chi connectivity index (χ0v) is 26.0. The molecule has 3 rings (SSSR count). The maximum atomic E-state index is 6.50. The van der Waals surface area contributed by atoms with Crippen molar-refractivity contribution in [2.45, 2.75) is 55.4 Å². The van der Waals surface area contributed by atoms with E-state index in [1.165, 1.54) is 5.30 Å². The van der Waals surface area contributed by atoms with Crippen LogP contribution in [0.5, 0.6) is 23.0 Å². The van der Waals surface area contributed by atoms with E-state index < -0.39 is 7.92 Å². The molecule has 0 amide bonds. The fraction of sp³-hybridized carbons (Fsp3) is 0.471. The SMILES string of the molecule is CC(C)COc1cccc(OCC(C)C)c1P(c1ccccc1)c1c(OCC(C)C)cccc1OCC(C)C. The molecule has 0 spiro atoms. The number of hydrogen-bond acceptors (Lipinski definition) is 4. The highest BCUT2D eigenvalue weighted by Gasteiger charge is 2.31. The third-order valence-electron chi connectivity index (χ3n) is 5.67. The number of benzene rings is 3. The van der Waals surface area contributed by atoms with Crippen LogP contribution >= 0.6 is 7.92 Å². The Kier molecular flexibility index (Phi) is 12.0. The minimum atomic E-state index is -1.15. The molecule has 0 aliphatic carbocycles. The van der Waals surface area contributed by atoms with Gasteiger partial charge < -0.3 is 18.9 Å². The van der Waals surface area contributed by atoms with E-state index in [9.17, 15) is 0 Å². The van der Waals surface area contributed by atoms with Crippen LogP contribution < -0.4 is 34.9 Å². The molecule has 212 valence electrons. The van der Waals surface area contributed by atoms with Crippen LogP contribution in [-0.2, 0) is 0 Å². The van der Waals surface area contributed by atoms with Crippen molar-refractivity contribution in [3.8, 4) is 23.0 Å². The van der Waals surface area contributed by atoms with Crippen LogP contribution in [0, 0.1) is 23.7 Å². The molecule has 0 atom stereocenters. The average Bonchev–Trinajstić information content (AvgIpc) is 2.90. The van der Waals surface area contributed by atoms with E-state index in [-0.39, 0.29) is 0 Å². The second-order valence-corrected chi connectivity index (χ2v) is 13.8. The molecule has 0 unspecified atom stereocenters. The lowest BCUT2D eigenvalue weighted by atomic mass is 10.2. The largest absolute Gasteiger partial charge is 0.492 e. The first kappa shape index (κ1) is 30.8. The van der Waals surface area contributed by atoms with E-state index in [2.05, 4.69) is 110 Å². The maximum Gasteiger partial charge on any atom is 0.131 e. The summed E-state index contributed by atoms with van der Waals surface area (Å²) in [5.41, 5.74) is 0. The van der Waals surface area contributed by atoms with Crippen molar-refractivity contribution in [1.29, 1.82) is 0 Å². The Morgan fingerprint density at radius 1 is 0.436 bits per heavy atom. The van der Waals surface area contributed by atoms with Crippen LogP contribution in [0.3, 0.4) is 0 Å². The van der Waals surface area contributed by atoms with Crippen LogP contribution in [0.1, 0.15) is 55.4 Å². The molecule has 3 aromatic rings. The van der Waals surface area contributed by atoms with Gasteiger partial charge in [-0.15, -0.1) is 0 Å². The van der Waals surface area contributed by atoms with Gasteiger partial charge in [-0.25, -0.2) is 0 Å². The highest BCUT2D eigenvalue weighted by atomic mass is 31.1. The second kappa shape index (κ2) is 15.2. The van der Waals surface area contributed by atoms with Gasteiger partial charge in [0.15, 0.2) is 0 Å². The van der Waals surface area contributed by atoms with Gasteiger partial charge in [-0.1, -0.05) is 97.9 Å². The van der Waals surface area contributed by atoms with Gasteiger partial charge in [0, 0.05) is 7.92 Å². The van der Waals surface area contributed by atoms with E-state index in [1.807, 2.05) is 12.1 Å². The molecule has 0 aliphatic heterocycles. The van der Waals surface area contributed by atoms with Gasteiger partial charge in [-0.3, -0.25) is 0 Å². The molecule has 0 saturated carbocycles. The Bertz CT molecular complexity index is 1010. The second-order valence-electron chi connectivity index (χ2n) is 11.7. The molecule has 39 heavy (non-hydrogen) atoms. The van der Waals surface area contributed by atoms with Crippen molar-refractivity contribution in [1.82, 2.24) is 0 Å². The molecular formula is C34H47O4P. The van der Waals surface area contributed by atoms with Gasteiger partial charge in [-0.05, 0) is 53.2 Å². The van der Waals surface area contributed by atoms with Crippen molar-refractivity contribution in [3.05, 3.63) is 66.7 Å². The van der Waals surface area contributed by atoms with Crippen LogP contribution in [0.4, 0.5) is 0 Å². The van der Waals surface area contributed by atoms with Crippen molar-refractivity contribution >= 4 is 23.8 Å². The summed E-state index contributed by atoms with van der Waals surface area (Å²) in [6.07, 6.45) is 0. The summed E-state index contributed by atoms with van der Waals surface area (Å²) in [5, 5.41) is 3.32. The maximum absolute atomic E-state index is 6.50. The topological polar surface area (TPSA) is 36.9 Å². The Labute approximate surface area is 237 Å². The molecule has 0 saturated heterocycles. The third-order valence-corrected chi connectivity index (χ3v) is 8.26. The number of ether oxygens (including phenoxy) is 4. The first-order chi connectivity index (χ1) is 18.7. The lowest BCUT2D eigenvalue weighted by Crippen LogP contribution is -2.28. The summed E-state index contributed by atoms with van der Waals surface area (Å²) in [5.74, 6) is 5.00. The van der Waals surface area contributed by atoms with E-state index in [0.29, 0.717) is 50.1 Å². The molecule has 4 nitrogen and oxygen atoms in total. The molecule has 0 heterocycles. The zero-order valence-electron chi connectivity index (χ0n) is 25.1. The fourth-order valence-corrected chi connectivity index (χ4v) is 6.53. The Morgan fingerprint density at radius 3 is 1.03 bits per heavy atom. The summed E-state index contributed by atoms with van der Waals surface area (Å²) in [6.45, 7) is 19.9. The van der Waals surface area contributed by atoms with Crippen molar-refractivity contribution in [3.63, 3.8) is 0 Å². The van der Waals surface area contributed by atoms with Crippen molar-refractivity contribution in [2.24, 2.45) is 23.7 Å². The van der Waals surface area contributed by atoms with Gasteiger partial charge in [0.25, 0.3) is 0 Å². The Morgan fingerprint density at radius 2 is 0.744 bits per heavy atom. The van der Waals surface area contributed by atoms with Crippen LogP contribution in [0.25, 0.3) is 0 Å². The van der Waals surface area contributed by atoms with Crippen molar-refractivity contribution in [2.75, 3.05) is 26.4 Å². The molecule has 0 fully saturated rings. The van der Waals surface area contributed by atoms with E-state index >= 15 is 0 Å². The summed E-state index contributed by atoms with van der Waals surface area (Å²) in [6, 6.07) is 23.0. The van der Waals surface area contributed by atoms with Crippen LogP contribution in [-0.4, -0.2) is 26.4 Å². The predicted octanol–water partition coefficient (Wildman–Crippen LogP) is 7.58. The Balaban J connectivity index is 2.32. The van der Waals surface area contributed by atoms with Gasteiger partial charge in [0.05, 0.1) is 37.0 Å². The van der Waals surface area contributed by atoms with Crippen molar-refractivity contribution < 1.29 is 18.9 Å². The predicted molar refractivity (Wildman–Crippen MR) is 166 cm³/mol. The van der Waals surface area contributed by atoms with E-state index in [4.69, 9.17) is 18.9 Å². The first-order valence-electron chi connectivity index (χ1n) is 14.3. The smallest absolute Gasteiger partial charge is 0.131 e. The monoisotopic (exact) mass is 550 g/mol. The standard InChI is InChI=1S/C34H47O4P/c1-24(2)20-35-29-16-12-17-30(36-21-25(3)4)33(29)39(28-14-10-9-11-15-28)34-31(37-22-26(5)6)18-13-19-32(34)38-23-27(7)8/h9-19,24-27H,20-23H2,1-8H3. The fourth-order valence-electron chi connectivity index (χ4n) is 3.88. The lowest BCUT2D eigenvalue weighted by molar-refractivity contribution is 0.261. The highest BCUT2D eigenvalue weighted by molar-refractivity contribution is 7.80. The molecule has 0 aliphatic rings. The van der Waals surface area contributed by atoms with Gasteiger partial charge >= 0.3 is 0 Å². The van der Waals surface area contributed by atoms with Gasteiger partial charge in [0.2, 0.25) is 0 Å². The molecular weight excluding hydrogens is 503 g/mol. The Hall–Kier alpha value is -2.71. The third kappa shape index (κ3) is 9.17. The quantitative estimate of drug-likeness (QED) is 0.183. The summed E-state index contributed by atoms with van der Waals surface area (Å²) in [4.78, 5) is 0. The normalized spacial score (nSPS) is 11.6. The minimum absolute atomic E-state index is 0.396. The molecule has 0 N–H and O–H groups in total. The lowest BCUT2D eigenvalue weighted by Gasteiger charge is -2.28. The summed E-state index contributed by atoms with van der Waals surface area (Å²) < 4.78 is 26.0. The van der Waals surface area contributed by atoms with E-state index in [1.54, 1.807) is 0 Å². The average molecular weight is 551 g/mol. The molecule has 0 radical (unpaired) electrons.